The summed E-state index contributed by atoms with van der Waals surface area (Å²) in [5.74, 6) is -2.01. The number of hydrogen-bond donors (Lipinski definition) is 4. The van der Waals surface area contributed by atoms with Crippen molar-refractivity contribution in [3.63, 3.8) is 0 Å². The van der Waals surface area contributed by atoms with Gasteiger partial charge in [-0.3, -0.25) is 9.79 Å². The van der Waals surface area contributed by atoms with Crippen molar-refractivity contribution in [1.82, 2.24) is 24.9 Å². The zero-order valence-corrected chi connectivity index (χ0v) is 19.6. The van der Waals surface area contributed by atoms with Gasteiger partial charge in [-0.25, -0.2) is 24.3 Å². The number of anilines is 1. The molecule has 5 N–H and O–H groups in total. The van der Waals surface area contributed by atoms with Crippen LogP contribution in [-0.4, -0.2) is 55.3 Å². The predicted octanol–water partition coefficient (Wildman–Crippen LogP) is 3.51. The standard InChI is InChI=1S/C23H24ClFN8O2/c1-27-7-12(6-26)18-16(25)21(31-17-11-4-2-10(3-5-11)15(17)23(34)35)33-20(32-18)13-8-28-22-19(13)30-14(24)9-29-22/h6-11,15,17H,2-5,26H2,1H3,(H,28,29)(H,34,35)(H,31,32,33). The summed E-state index contributed by atoms with van der Waals surface area (Å²) in [6.07, 6.45) is 9.15. The van der Waals surface area contributed by atoms with Crippen LogP contribution in [0.5, 0.6) is 0 Å². The highest BCUT2D eigenvalue weighted by Crippen LogP contribution is 2.46. The van der Waals surface area contributed by atoms with Crippen LogP contribution in [0.2, 0.25) is 5.15 Å². The first-order chi connectivity index (χ1) is 16.9. The lowest BCUT2D eigenvalue weighted by Crippen LogP contribution is -2.51. The molecule has 0 radical (unpaired) electrons. The van der Waals surface area contributed by atoms with E-state index in [1.807, 2.05) is 0 Å². The third-order valence-corrected chi connectivity index (χ3v) is 7.15. The van der Waals surface area contributed by atoms with Gasteiger partial charge in [0.05, 0.1) is 17.7 Å². The van der Waals surface area contributed by atoms with E-state index in [1.54, 1.807) is 6.20 Å². The Morgan fingerprint density at radius 2 is 2.03 bits per heavy atom. The minimum atomic E-state index is -0.881. The number of allylic oxidation sites excluding steroid dienone is 1. The monoisotopic (exact) mass is 498 g/mol. The first kappa shape index (κ1) is 23.2. The van der Waals surface area contributed by atoms with Gasteiger partial charge in [0, 0.05) is 37.3 Å². The summed E-state index contributed by atoms with van der Waals surface area (Å²) >= 11 is 6.05. The Kier molecular flexibility index (Phi) is 6.10. The molecule has 2 unspecified atom stereocenters. The van der Waals surface area contributed by atoms with Crippen LogP contribution in [0, 0.1) is 23.6 Å². The molecule has 2 bridgehead atoms. The topological polar surface area (TPSA) is 155 Å². The maximum atomic E-state index is 15.8. The molecule has 3 aromatic heterocycles. The summed E-state index contributed by atoms with van der Waals surface area (Å²) in [4.78, 5) is 36.5. The van der Waals surface area contributed by atoms with E-state index < -0.39 is 23.7 Å². The van der Waals surface area contributed by atoms with Crippen molar-refractivity contribution in [3.8, 4) is 11.4 Å². The molecule has 0 aromatic carbocycles. The molecule has 182 valence electrons. The molecular formula is C23H24ClFN8O2. The van der Waals surface area contributed by atoms with Crippen LogP contribution < -0.4 is 11.1 Å². The number of halogens is 2. The smallest absolute Gasteiger partial charge is 0.308 e. The zero-order valence-electron chi connectivity index (χ0n) is 18.9. The molecule has 2 atom stereocenters. The Bertz CT molecular complexity index is 1350. The summed E-state index contributed by atoms with van der Waals surface area (Å²) in [6.45, 7) is 0. The number of H-pyrrole nitrogens is 1. The molecule has 3 aliphatic carbocycles. The van der Waals surface area contributed by atoms with Gasteiger partial charge in [-0.1, -0.05) is 11.6 Å². The Morgan fingerprint density at radius 3 is 2.71 bits per heavy atom. The first-order valence-electron chi connectivity index (χ1n) is 11.3. The van der Waals surface area contributed by atoms with Crippen molar-refractivity contribution >= 4 is 46.3 Å². The number of aromatic nitrogens is 5. The lowest BCUT2D eigenvalue weighted by Gasteiger charge is -2.47. The number of aliphatic carboxylic acids is 1. The molecular weight excluding hydrogens is 475 g/mol. The number of carboxylic acids is 1. The number of hydrogen-bond acceptors (Lipinski definition) is 8. The summed E-state index contributed by atoms with van der Waals surface area (Å²) in [5, 5.41) is 13.3. The van der Waals surface area contributed by atoms with E-state index in [0.717, 1.165) is 25.7 Å². The summed E-state index contributed by atoms with van der Waals surface area (Å²) in [5.41, 5.74) is 7.29. The highest BCUT2D eigenvalue weighted by Gasteiger charge is 2.47. The van der Waals surface area contributed by atoms with Crippen LogP contribution in [0.3, 0.4) is 0 Å². The van der Waals surface area contributed by atoms with E-state index in [0.29, 0.717) is 16.7 Å². The number of rotatable bonds is 6. The van der Waals surface area contributed by atoms with E-state index in [9.17, 15) is 9.90 Å². The molecule has 0 aliphatic heterocycles. The van der Waals surface area contributed by atoms with Crippen molar-refractivity contribution in [1.29, 1.82) is 0 Å². The molecule has 10 nitrogen and oxygen atoms in total. The first-order valence-corrected chi connectivity index (χ1v) is 11.7. The molecule has 35 heavy (non-hydrogen) atoms. The van der Waals surface area contributed by atoms with E-state index in [-0.39, 0.29) is 39.9 Å². The largest absolute Gasteiger partial charge is 0.481 e. The molecule has 3 saturated carbocycles. The Morgan fingerprint density at radius 1 is 1.29 bits per heavy atom. The Labute approximate surface area is 205 Å². The number of aromatic amines is 1. The molecule has 0 saturated heterocycles. The second-order valence-electron chi connectivity index (χ2n) is 8.87. The van der Waals surface area contributed by atoms with Crippen molar-refractivity contribution in [3.05, 3.63) is 35.3 Å². The van der Waals surface area contributed by atoms with E-state index in [2.05, 4.69) is 35.2 Å². The third-order valence-electron chi connectivity index (χ3n) is 6.97. The number of carboxylic acid groups (broad SMARTS) is 1. The van der Waals surface area contributed by atoms with Crippen LogP contribution in [0.25, 0.3) is 28.1 Å². The average Bonchev–Trinajstić information content (AvgIpc) is 3.27. The number of fused-ring (bicyclic) bond motifs is 4. The van der Waals surface area contributed by atoms with Gasteiger partial charge in [-0.15, -0.1) is 0 Å². The van der Waals surface area contributed by atoms with Gasteiger partial charge in [-0.05, 0) is 37.5 Å². The van der Waals surface area contributed by atoms with Crippen LogP contribution in [0.4, 0.5) is 10.2 Å². The lowest BCUT2D eigenvalue weighted by molar-refractivity contribution is -0.148. The van der Waals surface area contributed by atoms with Crippen molar-refractivity contribution < 1.29 is 14.3 Å². The summed E-state index contributed by atoms with van der Waals surface area (Å²) < 4.78 is 15.8. The molecule has 3 aromatic rings. The normalized spacial score (nSPS) is 24.4. The van der Waals surface area contributed by atoms with Crippen LogP contribution >= 0.6 is 11.6 Å². The average molecular weight is 499 g/mol. The number of carbonyl (C=O) groups is 1. The predicted molar refractivity (Wildman–Crippen MR) is 130 cm³/mol. The van der Waals surface area contributed by atoms with Gasteiger partial charge in [0.25, 0.3) is 0 Å². The molecule has 6 rings (SSSR count). The van der Waals surface area contributed by atoms with Gasteiger partial charge in [-0.2, -0.15) is 0 Å². The van der Waals surface area contributed by atoms with Gasteiger partial charge in [0.1, 0.15) is 16.4 Å². The lowest BCUT2D eigenvalue weighted by atomic mass is 9.61. The fraction of sp³-hybridized carbons (Fsp3) is 0.391. The van der Waals surface area contributed by atoms with E-state index in [1.165, 1.54) is 25.7 Å². The van der Waals surface area contributed by atoms with Crippen LogP contribution in [0.15, 0.2) is 23.6 Å². The van der Waals surface area contributed by atoms with Gasteiger partial charge >= 0.3 is 5.97 Å². The maximum absolute atomic E-state index is 15.8. The minimum Gasteiger partial charge on any atom is -0.481 e. The number of aliphatic imine (C=N–C) groups is 1. The quantitative estimate of drug-likeness (QED) is 0.376. The van der Waals surface area contributed by atoms with Crippen LogP contribution in [-0.2, 0) is 4.79 Å². The SMILES string of the molecule is CN=CC(=CN)c1nc(-c2c[nH]c3ncc(Cl)nc23)nc(NC2C3CCC(CC3)C2C(=O)O)c1F. The Hall–Kier alpha value is -3.60. The molecule has 3 aliphatic rings. The van der Waals surface area contributed by atoms with Crippen molar-refractivity contribution in [2.45, 2.75) is 31.7 Å². The van der Waals surface area contributed by atoms with Gasteiger partial charge in [0.15, 0.2) is 23.1 Å². The maximum Gasteiger partial charge on any atom is 0.308 e. The Balaban J connectivity index is 1.65. The zero-order chi connectivity index (χ0) is 24.7. The second kappa shape index (κ2) is 9.21. The number of nitrogens with two attached hydrogens (primary N) is 1. The van der Waals surface area contributed by atoms with Gasteiger partial charge in [0.2, 0.25) is 0 Å². The molecule has 12 heteroatoms. The van der Waals surface area contributed by atoms with Crippen molar-refractivity contribution in [2.24, 2.45) is 28.5 Å². The number of nitrogens with one attached hydrogen (secondary N) is 2. The van der Waals surface area contributed by atoms with Crippen molar-refractivity contribution in [2.75, 3.05) is 12.4 Å². The number of nitrogens with zero attached hydrogens (tertiary/aromatic N) is 5. The minimum absolute atomic E-state index is 0.0524. The van der Waals surface area contributed by atoms with Crippen LogP contribution in [0.1, 0.15) is 31.4 Å². The molecule has 3 fully saturated rings. The fourth-order valence-corrected chi connectivity index (χ4v) is 5.52. The molecule has 0 spiro atoms. The highest BCUT2D eigenvalue weighted by atomic mass is 35.5. The highest BCUT2D eigenvalue weighted by molar-refractivity contribution is 6.29. The second-order valence-corrected chi connectivity index (χ2v) is 9.26. The van der Waals surface area contributed by atoms with Gasteiger partial charge < -0.3 is 21.1 Å². The van der Waals surface area contributed by atoms with E-state index in [4.69, 9.17) is 17.3 Å². The summed E-state index contributed by atoms with van der Waals surface area (Å²) in [7, 11) is 1.54. The summed E-state index contributed by atoms with van der Waals surface area (Å²) in [6, 6.07) is -0.451. The third kappa shape index (κ3) is 4.09. The molecule has 0 amide bonds. The fourth-order valence-electron chi connectivity index (χ4n) is 5.39. The molecule has 3 heterocycles. The van der Waals surface area contributed by atoms with E-state index >= 15 is 4.39 Å².